The van der Waals surface area contributed by atoms with Crippen LogP contribution in [0.4, 0.5) is 0 Å². The number of amides is 2. The normalized spacial score (nSPS) is 21.6. The van der Waals surface area contributed by atoms with Crippen molar-refractivity contribution in [3.05, 3.63) is 0 Å². The van der Waals surface area contributed by atoms with Crippen molar-refractivity contribution in [1.82, 2.24) is 20.4 Å². The predicted molar refractivity (Wildman–Crippen MR) is 100 cm³/mol. The van der Waals surface area contributed by atoms with Crippen LogP contribution in [-0.4, -0.2) is 72.5 Å². The highest BCUT2D eigenvalue weighted by Gasteiger charge is 2.33. The highest BCUT2D eigenvalue weighted by atomic mass is 16.2. The standard InChI is InChI=1S/C19H33N5O2/c1-16(2)21-17(25)13-23-9-11-24(12-10-23)14-18(26)22-19(15-20)7-5-3-4-6-8-19/h16H,3-14H2,1-2H3,(H,21,25)(H,22,26). The first-order valence-electron chi connectivity index (χ1n) is 9.89. The largest absolute Gasteiger partial charge is 0.353 e. The molecular formula is C19H33N5O2. The summed E-state index contributed by atoms with van der Waals surface area (Å²) < 4.78 is 0. The first-order chi connectivity index (χ1) is 12.4. The third-order valence-electron chi connectivity index (χ3n) is 5.20. The summed E-state index contributed by atoms with van der Waals surface area (Å²) in [7, 11) is 0. The molecule has 0 unspecified atom stereocenters. The van der Waals surface area contributed by atoms with Gasteiger partial charge in [0.2, 0.25) is 11.8 Å². The monoisotopic (exact) mass is 363 g/mol. The fourth-order valence-corrected chi connectivity index (χ4v) is 3.78. The zero-order valence-corrected chi connectivity index (χ0v) is 16.2. The zero-order chi connectivity index (χ0) is 19.0. The Morgan fingerprint density at radius 1 is 0.962 bits per heavy atom. The summed E-state index contributed by atoms with van der Waals surface area (Å²) in [6.07, 6.45) is 5.81. The maximum absolute atomic E-state index is 12.5. The molecule has 2 N–H and O–H groups in total. The molecule has 2 rings (SSSR count). The summed E-state index contributed by atoms with van der Waals surface area (Å²) >= 11 is 0. The lowest BCUT2D eigenvalue weighted by molar-refractivity contribution is -0.126. The van der Waals surface area contributed by atoms with Crippen LogP contribution in [0.5, 0.6) is 0 Å². The van der Waals surface area contributed by atoms with E-state index in [0.29, 0.717) is 13.1 Å². The third-order valence-corrected chi connectivity index (χ3v) is 5.20. The minimum atomic E-state index is -0.676. The number of nitrogens with one attached hydrogen (secondary N) is 2. The fourth-order valence-electron chi connectivity index (χ4n) is 3.78. The lowest BCUT2D eigenvalue weighted by Crippen LogP contribution is -2.54. The first-order valence-corrected chi connectivity index (χ1v) is 9.89. The molecule has 0 spiro atoms. The van der Waals surface area contributed by atoms with Crippen molar-refractivity contribution in [2.75, 3.05) is 39.3 Å². The molecule has 2 fully saturated rings. The van der Waals surface area contributed by atoms with Gasteiger partial charge >= 0.3 is 0 Å². The van der Waals surface area contributed by atoms with Gasteiger partial charge in [-0.05, 0) is 26.7 Å². The van der Waals surface area contributed by atoms with Crippen LogP contribution in [0, 0.1) is 11.3 Å². The molecule has 1 saturated heterocycles. The second-order valence-corrected chi connectivity index (χ2v) is 7.93. The van der Waals surface area contributed by atoms with E-state index in [1.54, 1.807) is 0 Å². The van der Waals surface area contributed by atoms with E-state index < -0.39 is 5.54 Å². The van der Waals surface area contributed by atoms with Crippen LogP contribution >= 0.6 is 0 Å². The smallest absolute Gasteiger partial charge is 0.235 e. The number of hydrogen-bond donors (Lipinski definition) is 2. The van der Waals surface area contributed by atoms with Crippen LogP contribution in [-0.2, 0) is 9.59 Å². The van der Waals surface area contributed by atoms with Gasteiger partial charge in [0.25, 0.3) is 0 Å². The van der Waals surface area contributed by atoms with Crippen molar-refractivity contribution in [2.45, 2.75) is 64.0 Å². The third kappa shape index (κ3) is 6.58. The second-order valence-electron chi connectivity index (χ2n) is 7.93. The van der Waals surface area contributed by atoms with Gasteiger partial charge in [0.1, 0.15) is 5.54 Å². The SMILES string of the molecule is CC(C)NC(=O)CN1CCN(CC(=O)NC2(C#N)CCCCCC2)CC1. The summed E-state index contributed by atoms with van der Waals surface area (Å²) in [6.45, 7) is 7.74. The number of piperazine rings is 1. The Morgan fingerprint density at radius 2 is 1.46 bits per heavy atom. The predicted octanol–water partition coefficient (Wildman–Crippen LogP) is 0.861. The molecule has 0 atom stereocenters. The highest BCUT2D eigenvalue weighted by Crippen LogP contribution is 2.26. The molecule has 0 aromatic carbocycles. The van der Waals surface area contributed by atoms with Gasteiger partial charge in [-0.2, -0.15) is 5.26 Å². The summed E-state index contributed by atoms with van der Waals surface area (Å²) in [6, 6.07) is 2.52. The molecule has 2 amide bonds. The van der Waals surface area contributed by atoms with Crippen molar-refractivity contribution >= 4 is 11.8 Å². The molecule has 0 aromatic rings. The molecule has 146 valence electrons. The minimum absolute atomic E-state index is 0.0514. The van der Waals surface area contributed by atoms with Gasteiger partial charge < -0.3 is 10.6 Å². The topological polar surface area (TPSA) is 88.5 Å². The molecule has 1 saturated carbocycles. The van der Waals surface area contributed by atoms with Crippen molar-refractivity contribution < 1.29 is 9.59 Å². The Kier molecular flexibility index (Phi) is 7.85. The Hall–Kier alpha value is -1.65. The van der Waals surface area contributed by atoms with E-state index in [-0.39, 0.29) is 17.9 Å². The van der Waals surface area contributed by atoms with Crippen LogP contribution in [0.2, 0.25) is 0 Å². The van der Waals surface area contributed by atoms with Gasteiger partial charge in [-0.3, -0.25) is 19.4 Å². The second kappa shape index (κ2) is 9.89. The molecule has 26 heavy (non-hydrogen) atoms. The highest BCUT2D eigenvalue weighted by molar-refractivity contribution is 5.79. The van der Waals surface area contributed by atoms with Gasteiger partial charge in [0, 0.05) is 32.2 Å². The average molecular weight is 364 g/mol. The van der Waals surface area contributed by atoms with E-state index in [0.717, 1.165) is 64.7 Å². The van der Waals surface area contributed by atoms with E-state index in [1.807, 2.05) is 13.8 Å². The molecule has 0 aromatic heterocycles. The Morgan fingerprint density at radius 3 is 1.92 bits per heavy atom. The zero-order valence-electron chi connectivity index (χ0n) is 16.2. The Bertz CT molecular complexity index is 513. The lowest BCUT2D eigenvalue weighted by Gasteiger charge is -2.35. The van der Waals surface area contributed by atoms with Crippen molar-refractivity contribution in [3.8, 4) is 6.07 Å². The first kappa shape index (κ1) is 20.7. The van der Waals surface area contributed by atoms with Crippen LogP contribution in [0.15, 0.2) is 0 Å². The van der Waals surface area contributed by atoms with Crippen LogP contribution in [0.3, 0.4) is 0 Å². The molecule has 1 aliphatic carbocycles. The molecule has 7 nitrogen and oxygen atoms in total. The molecule has 0 radical (unpaired) electrons. The van der Waals surface area contributed by atoms with Crippen LogP contribution < -0.4 is 10.6 Å². The molecule has 1 heterocycles. The Labute approximate surface area is 157 Å². The summed E-state index contributed by atoms with van der Waals surface area (Å²) in [5.41, 5.74) is -0.676. The molecule has 2 aliphatic rings. The van der Waals surface area contributed by atoms with E-state index in [1.165, 1.54) is 0 Å². The van der Waals surface area contributed by atoms with Gasteiger partial charge in [0.05, 0.1) is 19.2 Å². The quantitative estimate of drug-likeness (QED) is 0.684. The van der Waals surface area contributed by atoms with Crippen molar-refractivity contribution in [3.63, 3.8) is 0 Å². The van der Waals surface area contributed by atoms with Crippen LogP contribution in [0.25, 0.3) is 0 Å². The van der Waals surface area contributed by atoms with Gasteiger partial charge in [-0.15, -0.1) is 0 Å². The van der Waals surface area contributed by atoms with Gasteiger partial charge in [0.15, 0.2) is 0 Å². The summed E-state index contributed by atoms with van der Waals surface area (Å²) in [5.74, 6) is -0.00466. The number of rotatable bonds is 6. The Balaban J connectivity index is 1.73. The lowest BCUT2D eigenvalue weighted by atomic mass is 9.92. The minimum Gasteiger partial charge on any atom is -0.353 e. The summed E-state index contributed by atoms with van der Waals surface area (Å²) in [5, 5.41) is 15.5. The molecule has 7 heteroatoms. The van der Waals surface area contributed by atoms with Crippen molar-refractivity contribution in [2.24, 2.45) is 0 Å². The van der Waals surface area contributed by atoms with Crippen molar-refractivity contribution in [1.29, 1.82) is 5.26 Å². The number of hydrogen-bond acceptors (Lipinski definition) is 5. The fraction of sp³-hybridized carbons (Fsp3) is 0.842. The molecular weight excluding hydrogens is 330 g/mol. The number of carbonyl (C=O) groups is 2. The summed E-state index contributed by atoms with van der Waals surface area (Å²) in [4.78, 5) is 28.5. The van der Waals surface area contributed by atoms with Crippen LogP contribution in [0.1, 0.15) is 52.4 Å². The number of nitriles is 1. The van der Waals surface area contributed by atoms with Gasteiger partial charge in [-0.25, -0.2) is 0 Å². The van der Waals surface area contributed by atoms with Gasteiger partial charge in [-0.1, -0.05) is 25.7 Å². The number of carbonyl (C=O) groups excluding carboxylic acids is 2. The maximum Gasteiger partial charge on any atom is 0.235 e. The van der Waals surface area contributed by atoms with E-state index in [2.05, 4.69) is 26.5 Å². The van der Waals surface area contributed by atoms with E-state index >= 15 is 0 Å². The van der Waals surface area contributed by atoms with E-state index in [9.17, 15) is 14.9 Å². The maximum atomic E-state index is 12.5. The average Bonchev–Trinajstić information content (AvgIpc) is 2.82. The molecule has 1 aliphatic heterocycles. The van der Waals surface area contributed by atoms with E-state index in [4.69, 9.17) is 0 Å². The number of nitrogens with zero attached hydrogens (tertiary/aromatic N) is 3. The molecule has 0 bridgehead atoms.